The van der Waals surface area contributed by atoms with E-state index in [4.69, 9.17) is 16.3 Å². The summed E-state index contributed by atoms with van der Waals surface area (Å²) in [5.74, 6) is 0.924. The Morgan fingerprint density at radius 2 is 2.09 bits per heavy atom. The van der Waals surface area contributed by atoms with Gasteiger partial charge in [-0.15, -0.1) is 11.6 Å². The number of Topliss-reactive ketones (excluding diaryl/α,β-unsaturated/α-hetero) is 1. The van der Waals surface area contributed by atoms with E-state index in [0.29, 0.717) is 18.3 Å². The molecule has 22 heavy (non-hydrogen) atoms. The lowest BCUT2D eigenvalue weighted by atomic mass is 9.76. The van der Waals surface area contributed by atoms with Gasteiger partial charge in [-0.05, 0) is 43.1 Å². The van der Waals surface area contributed by atoms with Crippen molar-refractivity contribution in [3.63, 3.8) is 0 Å². The van der Waals surface area contributed by atoms with Gasteiger partial charge in [0.2, 0.25) is 0 Å². The second-order valence-corrected chi connectivity index (χ2v) is 7.31. The van der Waals surface area contributed by atoms with Crippen LogP contribution < -0.4 is 0 Å². The normalized spacial score (nSPS) is 31.9. The minimum absolute atomic E-state index is 0.0852. The number of alkyl halides is 1. The van der Waals surface area contributed by atoms with Gasteiger partial charge < -0.3 is 4.74 Å². The molecule has 3 fully saturated rings. The highest BCUT2D eigenvalue weighted by molar-refractivity contribution is 6.21. The Morgan fingerprint density at radius 3 is 2.68 bits per heavy atom. The summed E-state index contributed by atoms with van der Waals surface area (Å²) in [6.45, 7) is 2.18. The van der Waals surface area contributed by atoms with Crippen LogP contribution >= 0.6 is 11.6 Å². The molecule has 0 radical (unpaired) electrons. The Bertz CT molecular complexity index is 501. The minimum atomic E-state index is -0.211. The molecule has 1 aromatic carbocycles. The Kier molecular flexibility index (Phi) is 5.20. The first kappa shape index (κ1) is 16.0. The summed E-state index contributed by atoms with van der Waals surface area (Å²) in [5.41, 5.74) is 1.27. The lowest BCUT2D eigenvalue weighted by Crippen LogP contribution is -2.50. The number of carbonyl (C=O) groups is 1. The molecule has 1 aromatic rings. The summed E-state index contributed by atoms with van der Waals surface area (Å²) >= 11 is 6.30. The summed E-state index contributed by atoms with van der Waals surface area (Å²) in [6, 6.07) is 10.4. The van der Waals surface area contributed by atoms with Gasteiger partial charge in [-0.25, -0.2) is 0 Å². The molecule has 3 aliphatic rings. The first-order valence-corrected chi connectivity index (χ1v) is 9.00. The van der Waals surface area contributed by atoms with E-state index in [-0.39, 0.29) is 23.4 Å². The molecule has 0 N–H and O–H groups in total. The predicted octanol–water partition coefficient (Wildman–Crippen LogP) is 4.70. The highest BCUT2D eigenvalue weighted by atomic mass is 35.5. The van der Waals surface area contributed by atoms with Crippen molar-refractivity contribution >= 4 is 17.4 Å². The number of hydrogen-bond donors (Lipinski definition) is 0. The van der Waals surface area contributed by atoms with Gasteiger partial charge in [0, 0.05) is 6.42 Å². The highest BCUT2D eigenvalue weighted by Gasteiger charge is 2.44. The molecular weight excluding hydrogens is 296 g/mol. The van der Waals surface area contributed by atoms with Crippen molar-refractivity contribution in [2.24, 2.45) is 5.92 Å². The second-order valence-electron chi connectivity index (χ2n) is 6.75. The molecule has 1 saturated carbocycles. The fourth-order valence-corrected chi connectivity index (χ4v) is 4.42. The average molecular weight is 321 g/mol. The zero-order valence-electron chi connectivity index (χ0n) is 13.2. The molecule has 0 aromatic heterocycles. The number of fused-ring (bicyclic) bond motifs is 3. The zero-order chi connectivity index (χ0) is 15.5. The van der Waals surface area contributed by atoms with Gasteiger partial charge in [0.15, 0.2) is 5.78 Å². The molecule has 3 heteroatoms. The van der Waals surface area contributed by atoms with E-state index >= 15 is 0 Å². The van der Waals surface area contributed by atoms with Crippen LogP contribution in [0.3, 0.4) is 0 Å². The molecule has 5 atom stereocenters. The van der Waals surface area contributed by atoms with Gasteiger partial charge in [-0.1, -0.05) is 43.7 Å². The molecule has 0 amide bonds. The number of ketones is 1. The van der Waals surface area contributed by atoms with Crippen molar-refractivity contribution in [3.8, 4) is 0 Å². The first-order valence-electron chi connectivity index (χ1n) is 8.56. The van der Waals surface area contributed by atoms with Gasteiger partial charge in [-0.3, -0.25) is 4.79 Å². The molecule has 5 unspecified atom stereocenters. The monoisotopic (exact) mass is 320 g/mol. The lowest BCUT2D eigenvalue weighted by molar-refractivity contribution is -0.158. The van der Waals surface area contributed by atoms with E-state index in [2.05, 4.69) is 31.2 Å². The van der Waals surface area contributed by atoms with Crippen molar-refractivity contribution in [1.82, 2.24) is 0 Å². The van der Waals surface area contributed by atoms with Crippen molar-refractivity contribution in [2.45, 2.75) is 69.0 Å². The maximum Gasteiger partial charge on any atom is 0.162 e. The summed E-state index contributed by atoms with van der Waals surface area (Å²) in [5, 5.41) is 0.100. The van der Waals surface area contributed by atoms with Crippen LogP contribution in [-0.2, 0) is 9.53 Å². The smallest absolute Gasteiger partial charge is 0.162 e. The molecule has 2 bridgehead atoms. The SMILES string of the molecule is CCCC(CC(=O)C1OC2CCC1CC2Cl)c1ccccc1. The summed E-state index contributed by atoms with van der Waals surface area (Å²) in [6.07, 6.45) is 5.65. The van der Waals surface area contributed by atoms with Crippen LogP contribution in [0.4, 0.5) is 0 Å². The quantitative estimate of drug-likeness (QED) is 0.710. The van der Waals surface area contributed by atoms with E-state index in [1.165, 1.54) is 5.56 Å². The van der Waals surface area contributed by atoms with Crippen LogP contribution in [0.1, 0.15) is 56.9 Å². The third-order valence-corrected chi connectivity index (χ3v) is 5.64. The fraction of sp³-hybridized carbons (Fsp3) is 0.632. The number of rotatable bonds is 6. The van der Waals surface area contributed by atoms with Crippen LogP contribution in [-0.4, -0.2) is 23.4 Å². The second kappa shape index (κ2) is 7.14. The molecule has 1 aliphatic carbocycles. The fourth-order valence-electron chi connectivity index (χ4n) is 4.00. The minimum Gasteiger partial charge on any atom is -0.365 e. The van der Waals surface area contributed by atoms with Gasteiger partial charge in [0.1, 0.15) is 6.10 Å². The summed E-state index contributed by atoms with van der Waals surface area (Å²) < 4.78 is 5.99. The Balaban J connectivity index is 1.67. The third kappa shape index (κ3) is 3.38. The number of carbonyl (C=O) groups excluding carboxylic acids is 1. The van der Waals surface area contributed by atoms with Crippen molar-refractivity contribution in [2.75, 3.05) is 0 Å². The predicted molar refractivity (Wildman–Crippen MR) is 89.4 cm³/mol. The molecule has 2 saturated heterocycles. The summed E-state index contributed by atoms with van der Waals surface area (Å²) in [4.78, 5) is 12.8. The van der Waals surface area contributed by atoms with E-state index in [1.807, 2.05) is 6.07 Å². The number of benzene rings is 1. The van der Waals surface area contributed by atoms with Crippen LogP contribution in [0.5, 0.6) is 0 Å². The van der Waals surface area contributed by atoms with Gasteiger partial charge in [0.05, 0.1) is 11.5 Å². The maximum atomic E-state index is 12.8. The van der Waals surface area contributed by atoms with E-state index in [9.17, 15) is 4.79 Å². The number of halogens is 1. The molecule has 2 heterocycles. The molecule has 2 nitrogen and oxygen atoms in total. The maximum absolute atomic E-state index is 12.8. The van der Waals surface area contributed by atoms with Crippen LogP contribution in [0, 0.1) is 5.92 Å². The van der Waals surface area contributed by atoms with Gasteiger partial charge >= 0.3 is 0 Å². The van der Waals surface area contributed by atoms with Crippen molar-refractivity contribution in [3.05, 3.63) is 35.9 Å². The molecule has 4 rings (SSSR count). The highest BCUT2D eigenvalue weighted by Crippen LogP contribution is 2.41. The Labute approximate surface area is 138 Å². The van der Waals surface area contributed by atoms with E-state index in [0.717, 1.165) is 32.1 Å². The first-order chi connectivity index (χ1) is 10.7. The Morgan fingerprint density at radius 1 is 1.32 bits per heavy atom. The molecule has 2 aliphatic heterocycles. The molecule has 0 spiro atoms. The van der Waals surface area contributed by atoms with Crippen LogP contribution in [0.25, 0.3) is 0 Å². The topological polar surface area (TPSA) is 26.3 Å². The van der Waals surface area contributed by atoms with E-state index < -0.39 is 0 Å². The Hall–Kier alpha value is -0.860. The van der Waals surface area contributed by atoms with Crippen molar-refractivity contribution < 1.29 is 9.53 Å². The van der Waals surface area contributed by atoms with E-state index in [1.54, 1.807) is 0 Å². The lowest BCUT2D eigenvalue weighted by Gasteiger charge is -2.44. The number of ether oxygens (including phenoxy) is 1. The number of hydrogen-bond acceptors (Lipinski definition) is 2. The average Bonchev–Trinajstić information content (AvgIpc) is 2.55. The van der Waals surface area contributed by atoms with Gasteiger partial charge in [-0.2, -0.15) is 0 Å². The summed E-state index contributed by atoms with van der Waals surface area (Å²) in [7, 11) is 0. The van der Waals surface area contributed by atoms with Crippen molar-refractivity contribution in [1.29, 1.82) is 0 Å². The third-order valence-electron chi connectivity index (χ3n) is 5.18. The van der Waals surface area contributed by atoms with Crippen LogP contribution in [0.2, 0.25) is 0 Å². The molecule has 120 valence electrons. The zero-order valence-corrected chi connectivity index (χ0v) is 14.0. The largest absolute Gasteiger partial charge is 0.365 e. The standard InChI is InChI=1S/C19H25ClO2/c1-2-6-14(13-7-4-3-5-8-13)12-17(21)19-15-9-10-18(22-19)16(20)11-15/h3-5,7-8,14-16,18-19H,2,6,9-12H2,1H3. The van der Waals surface area contributed by atoms with Crippen LogP contribution in [0.15, 0.2) is 30.3 Å². The van der Waals surface area contributed by atoms with Gasteiger partial charge in [0.25, 0.3) is 0 Å². The molecular formula is C19H25ClO2.